The van der Waals surface area contributed by atoms with Crippen LogP contribution in [0.15, 0.2) is 84.9 Å². The van der Waals surface area contributed by atoms with E-state index in [-0.39, 0.29) is 18.4 Å². The number of unbranched alkanes of at least 4 members (excludes halogenated alkanes) is 1. The molecule has 2 amide bonds. The van der Waals surface area contributed by atoms with Crippen molar-refractivity contribution in [3.63, 3.8) is 0 Å². The summed E-state index contributed by atoms with van der Waals surface area (Å²) >= 11 is 6.04. The predicted octanol–water partition coefficient (Wildman–Crippen LogP) is 5.28. The Labute approximate surface area is 206 Å². The first-order chi connectivity index (χ1) is 16.6. The van der Waals surface area contributed by atoms with Gasteiger partial charge in [0.1, 0.15) is 11.8 Å². The van der Waals surface area contributed by atoms with Crippen LogP contribution in [0.25, 0.3) is 0 Å². The van der Waals surface area contributed by atoms with Gasteiger partial charge in [0.05, 0.1) is 0 Å². The molecule has 3 aromatic carbocycles. The topological polar surface area (TPSA) is 58.6 Å². The first-order valence-corrected chi connectivity index (χ1v) is 12.0. The molecule has 178 valence electrons. The van der Waals surface area contributed by atoms with Crippen LogP contribution < -0.4 is 10.1 Å². The summed E-state index contributed by atoms with van der Waals surface area (Å²) < 4.78 is 5.74. The normalized spacial score (nSPS) is 11.5. The van der Waals surface area contributed by atoms with E-state index in [9.17, 15) is 9.59 Å². The maximum atomic E-state index is 13.5. The predicted molar refractivity (Wildman–Crippen MR) is 136 cm³/mol. The molecule has 0 unspecified atom stereocenters. The number of rotatable bonds is 12. The molecule has 3 aromatic rings. The van der Waals surface area contributed by atoms with Gasteiger partial charge in [-0.3, -0.25) is 9.59 Å². The number of halogens is 1. The summed E-state index contributed by atoms with van der Waals surface area (Å²) in [5.41, 5.74) is 1.93. The van der Waals surface area contributed by atoms with E-state index in [1.54, 1.807) is 29.2 Å². The fourth-order valence-corrected chi connectivity index (χ4v) is 3.81. The van der Waals surface area contributed by atoms with Crippen LogP contribution in [0, 0.1) is 0 Å². The molecule has 0 aromatic heterocycles. The molecule has 0 bridgehead atoms. The average Bonchev–Trinajstić information content (AvgIpc) is 2.86. The van der Waals surface area contributed by atoms with E-state index < -0.39 is 6.04 Å². The summed E-state index contributed by atoms with van der Waals surface area (Å²) in [6.07, 6.45) is 2.27. The van der Waals surface area contributed by atoms with Gasteiger partial charge in [-0.1, -0.05) is 91.7 Å². The van der Waals surface area contributed by atoms with Gasteiger partial charge in [0, 0.05) is 24.5 Å². The minimum atomic E-state index is -0.671. The summed E-state index contributed by atoms with van der Waals surface area (Å²) in [4.78, 5) is 28.4. The zero-order valence-corrected chi connectivity index (χ0v) is 20.2. The van der Waals surface area contributed by atoms with Gasteiger partial charge in [0.15, 0.2) is 6.61 Å². The molecule has 0 aliphatic carbocycles. The van der Waals surface area contributed by atoms with Gasteiger partial charge >= 0.3 is 0 Å². The van der Waals surface area contributed by atoms with Crippen LogP contribution in [0.4, 0.5) is 0 Å². The van der Waals surface area contributed by atoms with E-state index in [1.807, 2.05) is 60.7 Å². The van der Waals surface area contributed by atoms with Crippen LogP contribution in [0.1, 0.15) is 30.9 Å². The summed E-state index contributed by atoms with van der Waals surface area (Å²) in [7, 11) is 0. The summed E-state index contributed by atoms with van der Waals surface area (Å²) in [5.74, 6) is 0.0762. The van der Waals surface area contributed by atoms with Crippen LogP contribution in [-0.4, -0.2) is 35.9 Å². The highest BCUT2D eigenvalue weighted by Gasteiger charge is 2.30. The zero-order chi connectivity index (χ0) is 24.2. The molecular formula is C28H31ClN2O3. The number of carbonyl (C=O) groups is 2. The highest BCUT2D eigenvalue weighted by atomic mass is 35.5. The van der Waals surface area contributed by atoms with Crippen LogP contribution >= 0.6 is 11.6 Å². The number of benzene rings is 3. The summed E-state index contributed by atoms with van der Waals surface area (Å²) in [5, 5.41) is 3.55. The standard InChI is InChI=1S/C28H31ClN2O3/c1-2-3-17-30-28(33)26(18-22-11-6-4-7-12-22)31(20-23-13-8-5-9-14-23)27(32)21-34-25-16-10-15-24(29)19-25/h4-16,19,26H,2-3,17-18,20-21H2,1H3,(H,30,33)/t26-/m1/s1. The van der Waals surface area contributed by atoms with Gasteiger partial charge in [-0.2, -0.15) is 0 Å². The van der Waals surface area contributed by atoms with Crippen LogP contribution in [-0.2, 0) is 22.6 Å². The Balaban J connectivity index is 1.85. The third-order valence-electron chi connectivity index (χ3n) is 5.45. The molecule has 0 fully saturated rings. The van der Waals surface area contributed by atoms with Crippen molar-refractivity contribution in [1.82, 2.24) is 10.2 Å². The van der Waals surface area contributed by atoms with E-state index in [4.69, 9.17) is 16.3 Å². The molecule has 0 saturated carbocycles. The van der Waals surface area contributed by atoms with E-state index in [0.717, 1.165) is 24.0 Å². The smallest absolute Gasteiger partial charge is 0.261 e. The van der Waals surface area contributed by atoms with E-state index in [1.165, 1.54) is 0 Å². The lowest BCUT2D eigenvalue weighted by molar-refractivity contribution is -0.142. The molecular weight excluding hydrogens is 448 g/mol. The second kappa shape index (κ2) is 13.4. The molecule has 0 saturated heterocycles. The Morgan fingerprint density at radius 1 is 0.941 bits per heavy atom. The number of hydrogen-bond donors (Lipinski definition) is 1. The first-order valence-electron chi connectivity index (χ1n) is 11.6. The lowest BCUT2D eigenvalue weighted by atomic mass is 10.0. The number of hydrogen-bond acceptors (Lipinski definition) is 3. The minimum absolute atomic E-state index is 0.163. The Bertz CT molecular complexity index is 1040. The van der Waals surface area contributed by atoms with Crippen LogP contribution in [0.3, 0.4) is 0 Å². The second-order valence-electron chi connectivity index (χ2n) is 8.10. The lowest BCUT2D eigenvalue weighted by Crippen LogP contribution is -2.51. The van der Waals surface area contributed by atoms with Crippen molar-refractivity contribution < 1.29 is 14.3 Å². The molecule has 34 heavy (non-hydrogen) atoms. The highest BCUT2D eigenvalue weighted by Crippen LogP contribution is 2.19. The van der Waals surface area contributed by atoms with Gasteiger partial charge in [-0.25, -0.2) is 0 Å². The van der Waals surface area contributed by atoms with E-state index in [2.05, 4.69) is 12.2 Å². The average molecular weight is 479 g/mol. The van der Waals surface area contributed by atoms with Crippen molar-refractivity contribution in [2.24, 2.45) is 0 Å². The SMILES string of the molecule is CCCCNC(=O)[C@@H](Cc1ccccc1)N(Cc1ccccc1)C(=O)COc1cccc(Cl)c1. The van der Waals surface area contributed by atoms with Gasteiger partial charge < -0.3 is 15.0 Å². The number of nitrogens with one attached hydrogen (secondary N) is 1. The number of nitrogens with zero attached hydrogens (tertiary/aromatic N) is 1. The van der Waals surface area contributed by atoms with Crippen molar-refractivity contribution in [1.29, 1.82) is 0 Å². The Morgan fingerprint density at radius 3 is 2.26 bits per heavy atom. The maximum absolute atomic E-state index is 13.5. The minimum Gasteiger partial charge on any atom is -0.484 e. The van der Waals surface area contributed by atoms with Crippen molar-refractivity contribution in [2.75, 3.05) is 13.2 Å². The number of carbonyl (C=O) groups excluding carboxylic acids is 2. The first kappa shape index (κ1) is 25.3. The number of amides is 2. The van der Waals surface area contributed by atoms with Crippen LogP contribution in [0.5, 0.6) is 5.75 Å². The molecule has 0 spiro atoms. The molecule has 0 radical (unpaired) electrons. The van der Waals surface area contributed by atoms with Crippen LogP contribution in [0.2, 0.25) is 5.02 Å². The zero-order valence-electron chi connectivity index (χ0n) is 19.5. The molecule has 6 heteroatoms. The van der Waals surface area contributed by atoms with E-state index >= 15 is 0 Å². The van der Waals surface area contributed by atoms with E-state index in [0.29, 0.717) is 30.3 Å². The van der Waals surface area contributed by atoms with Crippen molar-refractivity contribution in [2.45, 2.75) is 38.8 Å². The molecule has 1 atom stereocenters. The van der Waals surface area contributed by atoms with Crippen molar-refractivity contribution >= 4 is 23.4 Å². The molecule has 1 N–H and O–H groups in total. The van der Waals surface area contributed by atoms with Crippen molar-refractivity contribution in [3.8, 4) is 5.75 Å². The lowest BCUT2D eigenvalue weighted by Gasteiger charge is -2.31. The molecule has 3 rings (SSSR count). The molecule has 0 aliphatic rings. The summed E-state index contributed by atoms with van der Waals surface area (Å²) in [6.45, 7) is 2.76. The molecule has 0 aliphatic heterocycles. The fourth-order valence-electron chi connectivity index (χ4n) is 3.63. The Kier molecular flexibility index (Phi) is 9.98. The monoisotopic (exact) mass is 478 g/mol. The number of ether oxygens (including phenoxy) is 1. The Morgan fingerprint density at radius 2 is 1.62 bits per heavy atom. The summed E-state index contributed by atoms with van der Waals surface area (Å²) in [6, 6.07) is 25.7. The maximum Gasteiger partial charge on any atom is 0.261 e. The highest BCUT2D eigenvalue weighted by molar-refractivity contribution is 6.30. The van der Waals surface area contributed by atoms with Gasteiger partial charge in [0.25, 0.3) is 5.91 Å². The largest absolute Gasteiger partial charge is 0.484 e. The third kappa shape index (κ3) is 7.92. The third-order valence-corrected chi connectivity index (χ3v) is 5.69. The quantitative estimate of drug-likeness (QED) is 0.360. The molecule has 5 nitrogen and oxygen atoms in total. The second-order valence-corrected chi connectivity index (χ2v) is 8.54. The van der Waals surface area contributed by atoms with Crippen molar-refractivity contribution in [3.05, 3.63) is 101 Å². The Hall–Kier alpha value is -3.31. The fraction of sp³-hybridized carbons (Fsp3) is 0.286. The van der Waals surface area contributed by atoms with Gasteiger partial charge in [-0.05, 0) is 35.7 Å². The molecule has 0 heterocycles. The van der Waals surface area contributed by atoms with Gasteiger partial charge in [0.2, 0.25) is 5.91 Å². The van der Waals surface area contributed by atoms with Gasteiger partial charge in [-0.15, -0.1) is 0 Å².